The number of furan rings is 1. The lowest BCUT2D eigenvalue weighted by Crippen LogP contribution is -2.33. The van der Waals surface area contributed by atoms with Crippen molar-refractivity contribution in [2.45, 2.75) is 56.8 Å². The lowest BCUT2D eigenvalue weighted by molar-refractivity contribution is 0.332. The van der Waals surface area contributed by atoms with Crippen molar-refractivity contribution in [3.63, 3.8) is 0 Å². The second-order valence-corrected chi connectivity index (χ2v) is 17.9. The molecule has 0 atom stereocenters. The number of hydrogen-bond donors (Lipinski definition) is 0. The molecule has 1 heterocycles. The Balaban J connectivity index is 1.20. The fourth-order valence-electron chi connectivity index (χ4n) is 10.5. The van der Waals surface area contributed by atoms with Gasteiger partial charge in [-0.3, -0.25) is 0 Å². The molecule has 2 nitrogen and oxygen atoms in total. The smallest absolute Gasteiger partial charge is 0.135 e. The van der Waals surface area contributed by atoms with E-state index in [1.807, 2.05) is 0 Å². The third-order valence-corrected chi connectivity index (χ3v) is 13.6. The zero-order chi connectivity index (χ0) is 39.9. The monoisotopic (exact) mass is 761 g/mol. The Kier molecular flexibility index (Phi) is 7.94. The highest BCUT2D eigenvalue weighted by atomic mass is 16.3. The molecule has 59 heavy (non-hydrogen) atoms. The summed E-state index contributed by atoms with van der Waals surface area (Å²) in [5, 5.41) is 2.32. The van der Waals surface area contributed by atoms with Gasteiger partial charge in [-0.2, -0.15) is 0 Å². The van der Waals surface area contributed by atoms with Crippen molar-refractivity contribution in [2.75, 3.05) is 4.90 Å². The van der Waals surface area contributed by atoms with Crippen LogP contribution < -0.4 is 4.90 Å². The molecular weight excluding hydrogens is 715 g/mol. The summed E-state index contributed by atoms with van der Waals surface area (Å²) in [6.07, 6.45) is 2.33. The van der Waals surface area contributed by atoms with E-state index in [9.17, 15) is 0 Å². The Morgan fingerprint density at radius 1 is 0.424 bits per heavy atom. The van der Waals surface area contributed by atoms with E-state index >= 15 is 0 Å². The first-order valence-corrected chi connectivity index (χ1v) is 21.1. The predicted octanol–water partition coefficient (Wildman–Crippen LogP) is 15.4. The van der Waals surface area contributed by atoms with Crippen LogP contribution in [0.3, 0.4) is 0 Å². The van der Waals surface area contributed by atoms with E-state index < -0.39 is 5.41 Å². The van der Waals surface area contributed by atoms with Crippen LogP contribution in [0.4, 0.5) is 17.1 Å². The van der Waals surface area contributed by atoms with Gasteiger partial charge in [0, 0.05) is 27.7 Å². The second kappa shape index (κ2) is 13.2. The van der Waals surface area contributed by atoms with Gasteiger partial charge in [-0.05, 0) is 122 Å². The largest absolute Gasteiger partial charge is 0.456 e. The Bertz CT molecular complexity index is 2990. The average Bonchev–Trinajstić information content (AvgIpc) is 3.80. The van der Waals surface area contributed by atoms with Crippen LogP contribution in [-0.4, -0.2) is 0 Å². The topological polar surface area (TPSA) is 16.4 Å². The first-order valence-electron chi connectivity index (χ1n) is 21.1. The third kappa shape index (κ3) is 5.39. The predicted molar refractivity (Wildman–Crippen MR) is 246 cm³/mol. The van der Waals surface area contributed by atoms with Gasteiger partial charge in [0.15, 0.2) is 0 Å². The molecule has 0 radical (unpaired) electrons. The van der Waals surface area contributed by atoms with Crippen LogP contribution in [0.2, 0.25) is 0 Å². The molecule has 0 fully saturated rings. The fourth-order valence-corrected chi connectivity index (χ4v) is 10.5. The van der Waals surface area contributed by atoms with Crippen molar-refractivity contribution < 1.29 is 4.42 Å². The molecule has 286 valence electrons. The summed E-state index contributed by atoms with van der Waals surface area (Å²) in [5.74, 6) is 0. The molecule has 0 bridgehead atoms. The molecular formula is C57H47NO. The number of hydrogen-bond acceptors (Lipinski definition) is 2. The van der Waals surface area contributed by atoms with E-state index in [2.05, 4.69) is 221 Å². The maximum absolute atomic E-state index is 6.74. The molecule has 0 N–H and O–H groups in total. The van der Waals surface area contributed by atoms with Crippen LogP contribution in [0.1, 0.15) is 73.9 Å². The van der Waals surface area contributed by atoms with Gasteiger partial charge in [0.2, 0.25) is 0 Å². The molecule has 2 aliphatic carbocycles. The van der Waals surface area contributed by atoms with Crippen LogP contribution >= 0.6 is 0 Å². The number of benzene rings is 8. The minimum Gasteiger partial charge on any atom is -0.456 e. The standard InChI is InChI=1S/C57H47NO/c1-55(2)33-34-56(3,4)50-37-53-47(36-49(50)55)46-35-43(31-32-52(46)59-53)58(42-29-27-39(28-30-42)38-17-8-5-9-18-38)51-26-16-24-45-44-23-14-15-25-48(44)57(54(45)51,40-19-10-6-11-20-40)41-21-12-7-13-22-41/h5-32,35-37H,33-34H2,1-4H3. The molecule has 8 aromatic carbocycles. The molecule has 9 aromatic rings. The Labute approximate surface area is 347 Å². The molecule has 0 saturated heterocycles. The van der Waals surface area contributed by atoms with Gasteiger partial charge in [-0.1, -0.05) is 167 Å². The number of rotatable bonds is 6. The summed E-state index contributed by atoms with van der Waals surface area (Å²) in [7, 11) is 0. The lowest BCUT2D eigenvalue weighted by Gasteiger charge is -2.41. The van der Waals surface area contributed by atoms with Gasteiger partial charge in [0.05, 0.1) is 11.1 Å². The van der Waals surface area contributed by atoms with Crippen LogP contribution in [0, 0.1) is 0 Å². The van der Waals surface area contributed by atoms with E-state index in [0.717, 1.165) is 33.6 Å². The molecule has 11 rings (SSSR count). The van der Waals surface area contributed by atoms with Gasteiger partial charge in [0.25, 0.3) is 0 Å². The van der Waals surface area contributed by atoms with E-state index in [-0.39, 0.29) is 10.8 Å². The van der Waals surface area contributed by atoms with Gasteiger partial charge in [0.1, 0.15) is 11.2 Å². The molecule has 0 spiro atoms. The highest BCUT2D eigenvalue weighted by Gasteiger charge is 2.48. The van der Waals surface area contributed by atoms with Crippen molar-refractivity contribution in [2.24, 2.45) is 0 Å². The number of nitrogens with zero attached hydrogens (tertiary/aromatic N) is 1. The fraction of sp³-hybridized carbons (Fsp3) is 0.158. The molecule has 0 saturated carbocycles. The summed E-state index contributed by atoms with van der Waals surface area (Å²) < 4.78 is 6.74. The summed E-state index contributed by atoms with van der Waals surface area (Å²) >= 11 is 0. The van der Waals surface area contributed by atoms with Crippen LogP contribution in [-0.2, 0) is 16.2 Å². The van der Waals surface area contributed by atoms with Gasteiger partial charge in [-0.15, -0.1) is 0 Å². The summed E-state index contributed by atoms with van der Waals surface area (Å²) in [6, 6.07) is 69.5. The highest BCUT2D eigenvalue weighted by Crippen LogP contribution is 2.60. The van der Waals surface area contributed by atoms with Crippen molar-refractivity contribution in [3.8, 4) is 22.3 Å². The lowest BCUT2D eigenvalue weighted by atomic mass is 9.63. The number of anilines is 3. The molecule has 1 aromatic heterocycles. The summed E-state index contributed by atoms with van der Waals surface area (Å²) in [5.41, 5.74) is 17.7. The maximum atomic E-state index is 6.74. The van der Waals surface area contributed by atoms with Crippen molar-refractivity contribution in [3.05, 3.63) is 221 Å². The Morgan fingerprint density at radius 3 is 1.64 bits per heavy atom. The molecule has 2 aliphatic rings. The summed E-state index contributed by atoms with van der Waals surface area (Å²) in [4.78, 5) is 2.49. The third-order valence-electron chi connectivity index (χ3n) is 13.6. The quantitative estimate of drug-likeness (QED) is 0.168. The van der Waals surface area contributed by atoms with E-state index in [4.69, 9.17) is 4.42 Å². The average molecular weight is 762 g/mol. The van der Waals surface area contributed by atoms with Crippen LogP contribution in [0.5, 0.6) is 0 Å². The molecule has 0 amide bonds. The van der Waals surface area contributed by atoms with Crippen LogP contribution in [0.15, 0.2) is 192 Å². The van der Waals surface area contributed by atoms with Gasteiger partial charge < -0.3 is 9.32 Å². The summed E-state index contributed by atoms with van der Waals surface area (Å²) in [6.45, 7) is 9.58. The van der Waals surface area contributed by atoms with Gasteiger partial charge in [-0.25, -0.2) is 0 Å². The highest BCUT2D eigenvalue weighted by molar-refractivity contribution is 6.07. The SMILES string of the molecule is CC1(C)CCC(C)(C)c2cc3c(cc21)oc1ccc(N(c2ccc(-c4ccccc4)cc2)c2cccc4c2C(c2ccccc2)(c2ccccc2)c2ccccc2-4)cc13. The molecule has 0 aliphatic heterocycles. The van der Waals surface area contributed by atoms with Crippen molar-refractivity contribution in [1.29, 1.82) is 0 Å². The van der Waals surface area contributed by atoms with E-state index in [1.54, 1.807) is 0 Å². The molecule has 0 unspecified atom stereocenters. The Hall–Kier alpha value is -6.64. The Morgan fingerprint density at radius 2 is 0.966 bits per heavy atom. The minimum atomic E-state index is -0.572. The second-order valence-electron chi connectivity index (χ2n) is 17.9. The van der Waals surface area contributed by atoms with Crippen LogP contribution in [0.25, 0.3) is 44.2 Å². The van der Waals surface area contributed by atoms with Gasteiger partial charge >= 0.3 is 0 Å². The minimum absolute atomic E-state index is 0.0879. The first-order chi connectivity index (χ1) is 28.7. The number of fused-ring (bicyclic) bond motifs is 7. The zero-order valence-corrected chi connectivity index (χ0v) is 34.2. The normalized spacial score (nSPS) is 15.7. The zero-order valence-electron chi connectivity index (χ0n) is 34.2. The first kappa shape index (κ1) is 35.5. The molecule has 2 heteroatoms. The van der Waals surface area contributed by atoms with Crippen molar-refractivity contribution >= 4 is 39.0 Å². The maximum Gasteiger partial charge on any atom is 0.135 e. The van der Waals surface area contributed by atoms with E-state index in [1.165, 1.54) is 73.9 Å². The van der Waals surface area contributed by atoms with Crippen molar-refractivity contribution in [1.82, 2.24) is 0 Å². The van der Waals surface area contributed by atoms with E-state index in [0.29, 0.717) is 0 Å².